The maximum Gasteiger partial charge on any atom is 0.308 e. The summed E-state index contributed by atoms with van der Waals surface area (Å²) < 4.78 is 10.5. The Morgan fingerprint density at radius 3 is 2.81 bits per heavy atom. The first-order valence-corrected chi connectivity index (χ1v) is 5.63. The molecule has 1 aromatic rings. The predicted molar refractivity (Wildman–Crippen MR) is 61.0 cm³/mol. The van der Waals surface area contributed by atoms with Crippen LogP contribution in [-0.2, 0) is 4.79 Å². The van der Waals surface area contributed by atoms with Gasteiger partial charge in [-0.3, -0.25) is 4.79 Å². The molecule has 86 valence electrons. The molecule has 0 spiro atoms. The van der Waals surface area contributed by atoms with E-state index in [2.05, 4.69) is 0 Å². The largest absolute Gasteiger partial charge is 0.492 e. The molecule has 0 aliphatic heterocycles. The lowest BCUT2D eigenvalue weighted by molar-refractivity contribution is -0.131. The van der Waals surface area contributed by atoms with Crippen molar-refractivity contribution in [3.05, 3.63) is 23.2 Å². The first kappa shape index (κ1) is 11.3. The van der Waals surface area contributed by atoms with Crippen molar-refractivity contribution in [1.82, 2.24) is 0 Å². The van der Waals surface area contributed by atoms with Crippen molar-refractivity contribution < 1.29 is 14.3 Å². The van der Waals surface area contributed by atoms with Crippen molar-refractivity contribution in [2.45, 2.75) is 19.8 Å². The first-order valence-electron chi connectivity index (χ1n) is 5.26. The fraction of sp³-hybridized carbons (Fsp3) is 0.417. The van der Waals surface area contributed by atoms with E-state index in [0.717, 1.165) is 0 Å². The molecule has 0 saturated heterocycles. The second-order valence-electron chi connectivity index (χ2n) is 3.94. The summed E-state index contributed by atoms with van der Waals surface area (Å²) in [5.74, 6) is 1.41. The van der Waals surface area contributed by atoms with Crippen molar-refractivity contribution >= 4 is 17.6 Å². The Bertz CT molecular complexity index is 399. The molecule has 1 aromatic carbocycles. The van der Waals surface area contributed by atoms with Crippen LogP contribution in [0.15, 0.2) is 18.2 Å². The van der Waals surface area contributed by atoms with Gasteiger partial charge in [-0.05, 0) is 30.9 Å². The summed E-state index contributed by atoms with van der Waals surface area (Å²) in [4.78, 5) is 10.7. The third kappa shape index (κ3) is 3.14. The number of hydrogen-bond acceptors (Lipinski definition) is 3. The highest BCUT2D eigenvalue weighted by molar-refractivity contribution is 6.32. The van der Waals surface area contributed by atoms with Gasteiger partial charge in [-0.1, -0.05) is 11.6 Å². The van der Waals surface area contributed by atoms with Gasteiger partial charge in [0.1, 0.15) is 11.5 Å². The monoisotopic (exact) mass is 240 g/mol. The van der Waals surface area contributed by atoms with E-state index in [1.807, 2.05) is 0 Å². The van der Waals surface area contributed by atoms with Crippen LogP contribution in [0.5, 0.6) is 11.5 Å². The summed E-state index contributed by atoms with van der Waals surface area (Å²) in [5.41, 5.74) is 0. The van der Waals surface area contributed by atoms with Crippen molar-refractivity contribution in [3.8, 4) is 11.5 Å². The second-order valence-corrected chi connectivity index (χ2v) is 4.35. The number of hydrogen-bond donors (Lipinski definition) is 0. The van der Waals surface area contributed by atoms with Gasteiger partial charge in [-0.2, -0.15) is 0 Å². The smallest absolute Gasteiger partial charge is 0.308 e. The van der Waals surface area contributed by atoms with E-state index < -0.39 is 0 Å². The predicted octanol–water partition coefficient (Wildman–Crippen LogP) is 3.05. The Kier molecular flexibility index (Phi) is 3.34. The van der Waals surface area contributed by atoms with Crippen molar-refractivity contribution in [2.24, 2.45) is 5.92 Å². The molecule has 0 bridgehead atoms. The normalized spacial score (nSPS) is 14.6. The number of esters is 1. The minimum absolute atomic E-state index is 0.359. The Morgan fingerprint density at radius 2 is 2.25 bits per heavy atom. The van der Waals surface area contributed by atoms with Crippen molar-refractivity contribution in [1.29, 1.82) is 0 Å². The zero-order valence-electron chi connectivity index (χ0n) is 9.03. The molecule has 1 aliphatic carbocycles. The highest BCUT2D eigenvalue weighted by Gasteiger charge is 2.22. The van der Waals surface area contributed by atoms with Gasteiger partial charge in [0, 0.05) is 13.0 Å². The lowest BCUT2D eigenvalue weighted by Gasteiger charge is -2.08. The van der Waals surface area contributed by atoms with Gasteiger partial charge in [-0.15, -0.1) is 0 Å². The summed E-state index contributed by atoms with van der Waals surface area (Å²) in [5, 5.41) is 0.472. The van der Waals surface area contributed by atoms with Gasteiger partial charge >= 0.3 is 5.97 Å². The number of rotatable bonds is 4. The van der Waals surface area contributed by atoms with E-state index in [9.17, 15) is 4.79 Å². The standard InChI is InChI=1S/C12H13ClO3/c1-8(14)16-10-4-5-12(11(13)6-10)15-7-9-2-3-9/h4-6,9H,2-3,7H2,1H3. The van der Waals surface area contributed by atoms with Crippen LogP contribution in [-0.4, -0.2) is 12.6 Å². The number of carbonyl (C=O) groups is 1. The molecule has 4 heteroatoms. The van der Waals surface area contributed by atoms with E-state index in [1.165, 1.54) is 19.8 Å². The highest BCUT2D eigenvalue weighted by Crippen LogP contribution is 2.33. The average Bonchev–Trinajstić information content (AvgIpc) is 2.99. The lowest BCUT2D eigenvalue weighted by Crippen LogP contribution is -2.02. The fourth-order valence-electron chi connectivity index (χ4n) is 1.32. The van der Waals surface area contributed by atoms with Crippen molar-refractivity contribution in [3.63, 3.8) is 0 Å². The zero-order chi connectivity index (χ0) is 11.5. The third-order valence-electron chi connectivity index (χ3n) is 2.34. The molecule has 1 saturated carbocycles. The van der Waals surface area contributed by atoms with Gasteiger partial charge in [0.2, 0.25) is 0 Å². The maximum atomic E-state index is 10.7. The quantitative estimate of drug-likeness (QED) is 0.599. The minimum atomic E-state index is -0.359. The van der Waals surface area contributed by atoms with E-state index in [-0.39, 0.29) is 5.97 Å². The zero-order valence-corrected chi connectivity index (χ0v) is 9.79. The van der Waals surface area contributed by atoms with Crippen LogP contribution in [0.2, 0.25) is 5.02 Å². The molecular weight excluding hydrogens is 228 g/mol. The molecule has 3 nitrogen and oxygen atoms in total. The Balaban J connectivity index is 2.00. The first-order chi connectivity index (χ1) is 7.65. The highest BCUT2D eigenvalue weighted by atomic mass is 35.5. The second kappa shape index (κ2) is 4.74. The van der Waals surface area contributed by atoms with Gasteiger partial charge in [0.25, 0.3) is 0 Å². The summed E-state index contributed by atoms with van der Waals surface area (Å²) in [7, 11) is 0. The minimum Gasteiger partial charge on any atom is -0.492 e. The fourth-order valence-corrected chi connectivity index (χ4v) is 1.55. The molecule has 0 atom stereocenters. The van der Waals surface area contributed by atoms with Gasteiger partial charge in [-0.25, -0.2) is 0 Å². The SMILES string of the molecule is CC(=O)Oc1ccc(OCC2CC2)c(Cl)c1. The van der Waals surface area contributed by atoms with Gasteiger partial charge in [0.05, 0.1) is 11.6 Å². The molecular formula is C12H13ClO3. The Labute approximate surface area is 99.3 Å². The van der Waals surface area contributed by atoms with Crippen molar-refractivity contribution in [2.75, 3.05) is 6.61 Å². The lowest BCUT2D eigenvalue weighted by atomic mass is 10.3. The molecule has 16 heavy (non-hydrogen) atoms. The summed E-state index contributed by atoms with van der Waals surface area (Å²) in [6.07, 6.45) is 2.48. The van der Waals surface area contributed by atoms with Crippen LogP contribution in [0.3, 0.4) is 0 Å². The summed E-state index contributed by atoms with van der Waals surface area (Å²) >= 11 is 6.00. The molecule has 0 unspecified atom stereocenters. The molecule has 0 heterocycles. The Hall–Kier alpha value is -1.22. The molecule has 0 N–H and O–H groups in total. The molecule has 0 aromatic heterocycles. The Morgan fingerprint density at radius 1 is 1.50 bits per heavy atom. The maximum absolute atomic E-state index is 10.7. The molecule has 0 radical (unpaired) electrons. The molecule has 1 aliphatic rings. The third-order valence-corrected chi connectivity index (χ3v) is 2.63. The van der Waals surface area contributed by atoms with E-state index >= 15 is 0 Å². The number of halogens is 1. The van der Waals surface area contributed by atoms with Gasteiger partial charge < -0.3 is 9.47 Å². The molecule has 0 amide bonds. The van der Waals surface area contributed by atoms with Gasteiger partial charge in [0.15, 0.2) is 0 Å². The summed E-state index contributed by atoms with van der Waals surface area (Å²) in [6.45, 7) is 2.07. The topological polar surface area (TPSA) is 35.5 Å². The van der Waals surface area contributed by atoms with E-state index in [4.69, 9.17) is 21.1 Å². The van der Waals surface area contributed by atoms with Crippen LogP contribution < -0.4 is 9.47 Å². The average molecular weight is 241 g/mol. The molecule has 2 rings (SSSR count). The number of carbonyl (C=O) groups excluding carboxylic acids is 1. The van der Waals surface area contributed by atoms with Crippen LogP contribution in [0.25, 0.3) is 0 Å². The van der Waals surface area contributed by atoms with Crippen LogP contribution in [0, 0.1) is 5.92 Å². The summed E-state index contributed by atoms with van der Waals surface area (Å²) in [6, 6.07) is 4.99. The van der Waals surface area contributed by atoms with Crippen LogP contribution in [0.4, 0.5) is 0 Å². The van der Waals surface area contributed by atoms with Crippen LogP contribution in [0.1, 0.15) is 19.8 Å². The van der Waals surface area contributed by atoms with Crippen LogP contribution >= 0.6 is 11.6 Å². The number of ether oxygens (including phenoxy) is 2. The van der Waals surface area contributed by atoms with E-state index in [0.29, 0.717) is 29.0 Å². The molecule has 1 fully saturated rings. The van der Waals surface area contributed by atoms with E-state index in [1.54, 1.807) is 18.2 Å². The number of benzene rings is 1.